The molecular weight excluding hydrogens is 406 g/mol. The molecule has 1 aromatic heterocycles. The smallest absolute Gasteiger partial charge is 0.270 e. The first-order chi connectivity index (χ1) is 14.3. The molecule has 0 aliphatic carbocycles. The first-order valence-corrected chi connectivity index (χ1v) is 11.4. The normalized spacial score (nSPS) is 14.7. The molecule has 164 valence electrons. The molecule has 0 spiro atoms. The minimum Gasteiger partial charge on any atom is -0.493 e. The molecule has 0 radical (unpaired) electrons. The number of nitrogens with zero attached hydrogens (tertiary/aromatic N) is 3. The molecule has 1 fully saturated rings. The summed E-state index contributed by atoms with van der Waals surface area (Å²) in [6, 6.07) is 7.00. The molecule has 1 aliphatic rings. The average molecular weight is 436 g/mol. The Kier molecular flexibility index (Phi) is 6.72. The fraction of sp³-hybridized carbons (Fsp3) is 0.476. The zero-order valence-corrected chi connectivity index (χ0v) is 18.7. The van der Waals surface area contributed by atoms with Crippen molar-refractivity contribution in [3.63, 3.8) is 0 Å². The number of aromatic nitrogens is 1. The fourth-order valence-corrected chi connectivity index (χ4v) is 5.24. The van der Waals surface area contributed by atoms with Gasteiger partial charge in [0.15, 0.2) is 11.5 Å². The van der Waals surface area contributed by atoms with Crippen LogP contribution in [0.4, 0.5) is 0 Å². The van der Waals surface area contributed by atoms with Crippen LogP contribution in [0.5, 0.6) is 11.5 Å². The highest BCUT2D eigenvalue weighted by Gasteiger charge is 2.30. The Balaban J connectivity index is 1.83. The Morgan fingerprint density at radius 3 is 2.37 bits per heavy atom. The summed E-state index contributed by atoms with van der Waals surface area (Å²) in [5.74, 6) is 0.990. The van der Waals surface area contributed by atoms with Gasteiger partial charge < -0.3 is 18.9 Å². The number of rotatable bonds is 8. The van der Waals surface area contributed by atoms with Crippen molar-refractivity contribution in [1.29, 1.82) is 0 Å². The Labute approximate surface area is 178 Å². The topological polar surface area (TPSA) is 81.1 Å². The zero-order chi connectivity index (χ0) is 21.9. The molecule has 1 aliphatic heterocycles. The summed E-state index contributed by atoms with van der Waals surface area (Å²) in [5.41, 5.74) is 1.23. The standard InChI is InChI=1S/C21H29N3O5S/c1-5-23(14-16-8-9-19(28-3)20(12-16)29-4)21(25)18-13-17(15-22(18)2)30(26,27)24-10-6-7-11-24/h8-9,12-13,15H,5-7,10-11,14H2,1-4H3. The molecule has 0 atom stereocenters. The maximum atomic E-state index is 13.2. The molecule has 1 amide bonds. The van der Waals surface area contributed by atoms with E-state index in [0.29, 0.717) is 43.4 Å². The molecule has 0 bridgehead atoms. The molecule has 2 aromatic rings. The quantitative estimate of drug-likeness (QED) is 0.636. The van der Waals surface area contributed by atoms with Crippen molar-refractivity contribution in [2.75, 3.05) is 33.9 Å². The van der Waals surface area contributed by atoms with Gasteiger partial charge in [-0.05, 0) is 43.5 Å². The summed E-state index contributed by atoms with van der Waals surface area (Å²) in [5, 5.41) is 0. The predicted octanol–water partition coefficient (Wildman–Crippen LogP) is 2.49. The van der Waals surface area contributed by atoms with Crippen molar-refractivity contribution < 1.29 is 22.7 Å². The number of sulfonamides is 1. The van der Waals surface area contributed by atoms with Crippen LogP contribution in [0.2, 0.25) is 0 Å². The number of methoxy groups -OCH3 is 2. The molecule has 1 aromatic carbocycles. The second kappa shape index (κ2) is 9.09. The van der Waals surface area contributed by atoms with Crippen LogP contribution in [-0.4, -0.2) is 62.0 Å². The maximum Gasteiger partial charge on any atom is 0.270 e. The van der Waals surface area contributed by atoms with Gasteiger partial charge in [0.05, 0.1) is 14.2 Å². The Bertz CT molecular complexity index is 1010. The van der Waals surface area contributed by atoms with Crippen LogP contribution < -0.4 is 9.47 Å². The fourth-order valence-electron chi connectivity index (χ4n) is 3.65. The summed E-state index contributed by atoms with van der Waals surface area (Å²) in [4.78, 5) is 15.0. The molecule has 2 heterocycles. The lowest BCUT2D eigenvalue weighted by Crippen LogP contribution is -2.31. The van der Waals surface area contributed by atoms with Gasteiger partial charge in [0.25, 0.3) is 5.91 Å². The highest BCUT2D eigenvalue weighted by atomic mass is 32.2. The first kappa shape index (κ1) is 22.2. The van der Waals surface area contributed by atoms with Gasteiger partial charge in [-0.2, -0.15) is 4.31 Å². The SMILES string of the molecule is CCN(Cc1ccc(OC)c(OC)c1)C(=O)c1cc(S(=O)(=O)N2CCCC2)cn1C. The van der Waals surface area contributed by atoms with E-state index in [1.807, 2.05) is 19.1 Å². The van der Waals surface area contributed by atoms with Gasteiger partial charge in [-0.15, -0.1) is 0 Å². The van der Waals surface area contributed by atoms with Crippen LogP contribution >= 0.6 is 0 Å². The predicted molar refractivity (Wildman–Crippen MR) is 113 cm³/mol. The average Bonchev–Trinajstić information content (AvgIpc) is 3.42. The van der Waals surface area contributed by atoms with Crippen LogP contribution in [-0.2, 0) is 23.6 Å². The molecule has 0 saturated carbocycles. The van der Waals surface area contributed by atoms with E-state index in [1.54, 1.807) is 36.8 Å². The lowest BCUT2D eigenvalue weighted by Gasteiger charge is -2.22. The molecule has 30 heavy (non-hydrogen) atoms. The van der Waals surface area contributed by atoms with Crippen molar-refractivity contribution >= 4 is 15.9 Å². The van der Waals surface area contributed by atoms with Gasteiger partial charge >= 0.3 is 0 Å². The molecule has 0 unspecified atom stereocenters. The van der Waals surface area contributed by atoms with E-state index in [4.69, 9.17) is 9.47 Å². The number of amides is 1. The van der Waals surface area contributed by atoms with Crippen molar-refractivity contribution in [3.8, 4) is 11.5 Å². The first-order valence-electron chi connectivity index (χ1n) is 9.98. The molecule has 0 N–H and O–H groups in total. The van der Waals surface area contributed by atoms with Crippen LogP contribution in [0, 0.1) is 0 Å². The van der Waals surface area contributed by atoms with Crippen molar-refractivity contribution in [1.82, 2.24) is 13.8 Å². The third-order valence-electron chi connectivity index (χ3n) is 5.39. The van der Waals surface area contributed by atoms with E-state index in [9.17, 15) is 13.2 Å². The summed E-state index contributed by atoms with van der Waals surface area (Å²) in [7, 11) is 1.26. The summed E-state index contributed by atoms with van der Waals surface area (Å²) < 4.78 is 39.4. The lowest BCUT2D eigenvalue weighted by molar-refractivity contribution is 0.0743. The summed E-state index contributed by atoms with van der Waals surface area (Å²) in [6.07, 6.45) is 3.25. The molecule has 8 nitrogen and oxygen atoms in total. The largest absolute Gasteiger partial charge is 0.493 e. The van der Waals surface area contributed by atoms with Gasteiger partial charge in [-0.25, -0.2) is 8.42 Å². The van der Waals surface area contributed by atoms with E-state index in [0.717, 1.165) is 18.4 Å². The van der Waals surface area contributed by atoms with Gasteiger partial charge in [0, 0.05) is 39.4 Å². The Morgan fingerprint density at radius 2 is 1.77 bits per heavy atom. The summed E-state index contributed by atoms with van der Waals surface area (Å²) in [6.45, 7) is 3.80. The number of carbonyl (C=O) groups is 1. The zero-order valence-electron chi connectivity index (χ0n) is 17.9. The maximum absolute atomic E-state index is 13.2. The summed E-state index contributed by atoms with van der Waals surface area (Å²) >= 11 is 0. The second-order valence-electron chi connectivity index (χ2n) is 7.29. The van der Waals surface area contributed by atoms with Crippen LogP contribution in [0.25, 0.3) is 0 Å². The second-order valence-corrected chi connectivity index (χ2v) is 9.23. The number of hydrogen-bond acceptors (Lipinski definition) is 5. The highest BCUT2D eigenvalue weighted by molar-refractivity contribution is 7.89. The van der Waals surface area contributed by atoms with E-state index < -0.39 is 10.0 Å². The van der Waals surface area contributed by atoms with E-state index in [2.05, 4.69) is 0 Å². The van der Waals surface area contributed by atoms with Gasteiger partial charge in [-0.1, -0.05) is 6.07 Å². The minimum absolute atomic E-state index is 0.164. The number of ether oxygens (including phenoxy) is 2. The third-order valence-corrected chi connectivity index (χ3v) is 7.26. The van der Waals surface area contributed by atoms with Crippen molar-refractivity contribution in [3.05, 3.63) is 41.7 Å². The van der Waals surface area contributed by atoms with Gasteiger partial charge in [0.2, 0.25) is 10.0 Å². The number of hydrogen-bond donors (Lipinski definition) is 0. The van der Waals surface area contributed by atoms with Crippen LogP contribution in [0.3, 0.4) is 0 Å². The highest BCUT2D eigenvalue weighted by Crippen LogP contribution is 2.28. The van der Waals surface area contributed by atoms with Gasteiger partial charge in [-0.3, -0.25) is 4.79 Å². The van der Waals surface area contributed by atoms with E-state index >= 15 is 0 Å². The minimum atomic E-state index is -3.57. The monoisotopic (exact) mass is 435 g/mol. The van der Waals surface area contributed by atoms with Crippen LogP contribution in [0.15, 0.2) is 35.4 Å². The number of benzene rings is 1. The molecular formula is C21H29N3O5S. The lowest BCUT2D eigenvalue weighted by atomic mass is 10.1. The number of carbonyl (C=O) groups excluding carboxylic acids is 1. The van der Waals surface area contributed by atoms with Gasteiger partial charge in [0.1, 0.15) is 10.6 Å². The molecule has 9 heteroatoms. The Morgan fingerprint density at radius 1 is 1.10 bits per heavy atom. The van der Waals surface area contributed by atoms with E-state index in [-0.39, 0.29) is 10.8 Å². The Hall–Kier alpha value is -2.52. The molecule has 3 rings (SSSR count). The third kappa shape index (κ3) is 4.32. The van der Waals surface area contributed by atoms with Crippen molar-refractivity contribution in [2.45, 2.75) is 31.2 Å². The van der Waals surface area contributed by atoms with Crippen LogP contribution in [0.1, 0.15) is 35.8 Å². The van der Waals surface area contributed by atoms with E-state index in [1.165, 1.54) is 16.6 Å². The van der Waals surface area contributed by atoms with Crippen molar-refractivity contribution in [2.24, 2.45) is 7.05 Å². The molecule has 1 saturated heterocycles. The number of aryl methyl sites for hydroxylation is 1.